The van der Waals surface area contributed by atoms with E-state index in [1.807, 2.05) is 6.07 Å². The van der Waals surface area contributed by atoms with Crippen molar-refractivity contribution >= 4 is 47.0 Å². The van der Waals surface area contributed by atoms with E-state index < -0.39 is 0 Å². The van der Waals surface area contributed by atoms with Crippen LogP contribution in [0.3, 0.4) is 0 Å². The number of nitrogens with one attached hydrogen (secondary N) is 1. The Morgan fingerprint density at radius 3 is 2.83 bits per heavy atom. The van der Waals surface area contributed by atoms with E-state index in [2.05, 4.69) is 20.3 Å². The molecule has 2 amide bonds. The number of rotatable bonds is 7. The second kappa shape index (κ2) is 11.1. The van der Waals surface area contributed by atoms with E-state index in [0.29, 0.717) is 54.7 Å². The summed E-state index contributed by atoms with van der Waals surface area (Å²) < 4.78 is 0. The third-order valence-corrected chi connectivity index (χ3v) is 6.30. The third kappa shape index (κ3) is 5.65. The molecular formula is C24H26ClN7O3. The number of likely N-dealkylation sites (tertiary alicyclic amines) is 1. The zero-order valence-electron chi connectivity index (χ0n) is 19.1. The number of pyridine rings is 1. The van der Waals surface area contributed by atoms with Gasteiger partial charge in [-0.25, -0.2) is 9.97 Å². The number of aldehydes is 1. The lowest BCUT2D eigenvalue weighted by Crippen LogP contribution is -2.40. The summed E-state index contributed by atoms with van der Waals surface area (Å²) in [4.78, 5) is 52.1. The molecule has 35 heavy (non-hydrogen) atoms. The van der Waals surface area contributed by atoms with Crippen molar-refractivity contribution in [2.24, 2.45) is 5.73 Å². The molecule has 2 aromatic rings. The molecule has 0 aromatic carbocycles. The van der Waals surface area contributed by atoms with Crippen LogP contribution in [0.1, 0.15) is 37.3 Å². The van der Waals surface area contributed by atoms with Gasteiger partial charge in [0, 0.05) is 38.2 Å². The summed E-state index contributed by atoms with van der Waals surface area (Å²) in [6, 6.07) is 1.84. The molecule has 0 bridgehead atoms. The highest BCUT2D eigenvalue weighted by molar-refractivity contribution is 6.31. The molecule has 0 saturated carbocycles. The number of carbonyl (C=O) groups is 3. The average molecular weight is 496 g/mol. The van der Waals surface area contributed by atoms with Gasteiger partial charge in [-0.05, 0) is 37.5 Å². The van der Waals surface area contributed by atoms with Crippen LogP contribution in [-0.2, 0) is 14.4 Å². The molecule has 2 saturated heterocycles. The van der Waals surface area contributed by atoms with Gasteiger partial charge in [0.1, 0.15) is 6.29 Å². The normalized spacial score (nSPS) is 18.8. The minimum atomic E-state index is -0.252. The standard InChI is InChI=1S/C24H26ClN7O3/c25-20-14-28-24(29-18-10-19(13-27-12-18)32-8-2-6-21(32)34)30-22(20)17-4-1-7-31(15-17)23(35)16(11-26)5-3-9-33/h3,5,9-14,17H,1-2,4,6-8,15,26H2,(H,28,29,30)/b5-3-,16-11+. The Morgan fingerprint density at radius 2 is 2.09 bits per heavy atom. The fraction of sp³-hybridized carbons (Fsp3) is 0.333. The van der Waals surface area contributed by atoms with Gasteiger partial charge in [0.2, 0.25) is 11.9 Å². The number of halogens is 1. The molecule has 11 heteroatoms. The molecule has 0 spiro atoms. The Hall–Kier alpha value is -3.79. The van der Waals surface area contributed by atoms with Crippen molar-refractivity contribution in [3.05, 3.63) is 59.3 Å². The summed E-state index contributed by atoms with van der Waals surface area (Å²) in [7, 11) is 0. The largest absolute Gasteiger partial charge is 0.404 e. The zero-order chi connectivity index (χ0) is 24.8. The van der Waals surface area contributed by atoms with Crippen LogP contribution in [0.2, 0.25) is 5.02 Å². The van der Waals surface area contributed by atoms with Crippen molar-refractivity contribution < 1.29 is 14.4 Å². The number of allylic oxidation sites excluding steroid dienone is 1. The molecule has 2 aliphatic heterocycles. The van der Waals surface area contributed by atoms with Crippen LogP contribution >= 0.6 is 11.6 Å². The van der Waals surface area contributed by atoms with Gasteiger partial charge in [-0.2, -0.15) is 0 Å². The van der Waals surface area contributed by atoms with Crippen molar-refractivity contribution in [2.75, 3.05) is 29.9 Å². The first-order valence-electron chi connectivity index (χ1n) is 11.4. The Kier molecular flexibility index (Phi) is 7.71. The van der Waals surface area contributed by atoms with Crippen molar-refractivity contribution in [1.29, 1.82) is 0 Å². The highest BCUT2D eigenvalue weighted by Crippen LogP contribution is 2.32. The van der Waals surface area contributed by atoms with Crippen molar-refractivity contribution in [1.82, 2.24) is 19.9 Å². The van der Waals surface area contributed by atoms with Crippen molar-refractivity contribution in [3.8, 4) is 0 Å². The van der Waals surface area contributed by atoms with Gasteiger partial charge in [0.05, 0.1) is 46.3 Å². The molecule has 2 aliphatic rings. The SMILES string of the molecule is N/C=C(\C=C/C=O)C(=O)N1CCCC(c2nc(Nc3cncc(N4CCCC4=O)c3)ncc2Cl)C1. The van der Waals surface area contributed by atoms with E-state index in [-0.39, 0.29) is 23.3 Å². The predicted molar refractivity (Wildman–Crippen MR) is 132 cm³/mol. The molecule has 2 aromatic heterocycles. The van der Waals surface area contributed by atoms with Gasteiger partial charge < -0.3 is 20.9 Å². The highest BCUT2D eigenvalue weighted by atomic mass is 35.5. The molecule has 0 radical (unpaired) electrons. The van der Waals surface area contributed by atoms with Gasteiger partial charge in [-0.3, -0.25) is 19.4 Å². The molecule has 10 nitrogen and oxygen atoms in total. The summed E-state index contributed by atoms with van der Waals surface area (Å²) in [5.74, 6) is 0.0818. The number of nitrogens with zero attached hydrogens (tertiary/aromatic N) is 5. The van der Waals surface area contributed by atoms with E-state index in [1.165, 1.54) is 24.5 Å². The molecule has 0 aliphatic carbocycles. The monoisotopic (exact) mass is 495 g/mol. The maximum atomic E-state index is 12.9. The molecule has 1 atom stereocenters. The average Bonchev–Trinajstić information content (AvgIpc) is 3.31. The van der Waals surface area contributed by atoms with Gasteiger partial charge in [0.25, 0.3) is 5.91 Å². The first-order chi connectivity index (χ1) is 17.0. The first-order valence-corrected chi connectivity index (χ1v) is 11.8. The number of carbonyl (C=O) groups excluding carboxylic acids is 3. The molecule has 4 heterocycles. The zero-order valence-corrected chi connectivity index (χ0v) is 19.8. The third-order valence-electron chi connectivity index (χ3n) is 6.01. The summed E-state index contributed by atoms with van der Waals surface area (Å²) in [6.07, 6.45) is 12.2. The quantitative estimate of drug-likeness (QED) is 0.340. The topological polar surface area (TPSA) is 134 Å². The van der Waals surface area contributed by atoms with Crippen LogP contribution in [0.15, 0.2) is 48.6 Å². The Labute approximate surface area is 207 Å². The number of hydrogen-bond acceptors (Lipinski definition) is 8. The second-order valence-corrected chi connectivity index (χ2v) is 8.75. The number of piperidine rings is 1. The van der Waals surface area contributed by atoms with E-state index >= 15 is 0 Å². The predicted octanol–water partition coefficient (Wildman–Crippen LogP) is 2.70. The number of hydrogen-bond donors (Lipinski definition) is 2. The second-order valence-electron chi connectivity index (χ2n) is 8.34. The smallest absolute Gasteiger partial charge is 0.255 e. The Bertz CT molecular complexity index is 1180. The number of anilines is 3. The summed E-state index contributed by atoms with van der Waals surface area (Å²) >= 11 is 6.45. The van der Waals surface area contributed by atoms with Crippen LogP contribution in [0.25, 0.3) is 0 Å². The van der Waals surface area contributed by atoms with E-state index in [4.69, 9.17) is 17.3 Å². The van der Waals surface area contributed by atoms with Gasteiger partial charge in [-0.1, -0.05) is 11.6 Å². The van der Waals surface area contributed by atoms with Crippen molar-refractivity contribution in [3.63, 3.8) is 0 Å². The Morgan fingerprint density at radius 1 is 1.23 bits per heavy atom. The lowest BCUT2D eigenvalue weighted by molar-refractivity contribution is -0.128. The van der Waals surface area contributed by atoms with E-state index in [9.17, 15) is 14.4 Å². The summed E-state index contributed by atoms with van der Waals surface area (Å²) in [5, 5.41) is 3.56. The number of nitrogens with two attached hydrogens (primary N) is 1. The molecular weight excluding hydrogens is 470 g/mol. The van der Waals surface area contributed by atoms with Crippen molar-refractivity contribution in [2.45, 2.75) is 31.6 Å². The van der Waals surface area contributed by atoms with E-state index in [1.54, 1.807) is 22.2 Å². The molecule has 3 N–H and O–H groups in total. The van der Waals surface area contributed by atoms with Crippen LogP contribution in [0, 0.1) is 0 Å². The van der Waals surface area contributed by atoms with Gasteiger partial charge >= 0.3 is 0 Å². The molecule has 4 rings (SSSR count). The fourth-order valence-corrected chi connectivity index (χ4v) is 4.57. The van der Waals surface area contributed by atoms with Gasteiger partial charge in [0.15, 0.2) is 0 Å². The maximum absolute atomic E-state index is 12.9. The highest BCUT2D eigenvalue weighted by Gasteiger charge is 2.28. The summed E-state index contributed by atoms with van der Waals surface area (Å²) in [5.41, 5.74) is 7.85. The fourth-order valence-electron chi connectivity index (χ4n) is 4.33. The minimum Gasteiger partial charge on any atom is -0.404 e. The number of amides is 2. The van der Waals surface area contributed by atoms with Gasteiger partial charge in [-0.15, -0.1) is 0 Å². The molecule has 1 unspecified atom stereocenters. The number of aromatic nitrogens is 3. The van der Waals surface area contributed by atoms with Crippen LogP contribution in [0.5, 0.6) is 0 Å². The van der Waals surface area contributed by atoms with E-state index in [0.717, 1.165) is 24.9 Å². The summed E-state index contributed by atoms with van der Waals surface area (Å²) in [6.45, 7) is 1.66. The first kappa shape index (κ1) is 24.3. The lowest BCUT2D eigenvalue weighted by Gasteiger charge is -2.33. The Balaban J connectivity index is 1.50. The molecule has 2 fully saturated rings. The lowest BCUT2D eigenvalue weighted by atomic mass is 9.94. The van der Waals surface area contributed by atoms with Crippen LogP contribution < -0.4 is 16.0 Å². The van der Waals surface area contributed by atoms with Crippen LogP contribution in [-0.4, -0.2) is 57.6 Å². The maximum Gasteiger partial charge on any atom is 0.255 e. The minimum absolute atomic E-state index is 0.0830. The molecule has 182 valence electrons. The van der Waals surface area contributed by atoms with Crippen LogP contribution in [0.4, 0.5) is 17.3 Å².